The molecule has 0 aliphatic heterocycles. The number of esters is 1. The van der Waals surface area contributed by atoms with Crippen LogP contribution >= 0.6 is 11.3 Å². The molecule has 1 heterocycles. The van der Waals surface area contributed by atoms with E-state index < -0.39 is 0 Å². The number of fused-ring (bicyclic) bond motifs is 1. The first-order valence-corrected chi connectivity index (χ1v) is 8.81. The van der Waals surface area contributed by atoms with Gasteiger partial charge in [0.15, 0.2) is 5.13 Å². The van der Waals surface area contributed by atoms with Crippen molar-refractivity contribution in [3.63, 3.8) is 0 Å². The van der Waals surface area contributed by atoms with Gasteiger partial charge in [0, 0.05) is 10.9 Å². The molecule has 3 unspecified atom stereocenters. The first-order chi connectivity index (χ1) is 10.1. The van der Waals surface area contributed by atoms with Crippen molar-refractivity contribution >= 4 is 22.4 Å². The van der Waals surface area contributed by atoms with Crippen molar-refractivity contribution in [2.75, 3.05) is 11.9 Å². The molecule has 0 radical (unpaired) electrons. The summed E-state index contributed by atoms with van der Waals surface area (Å²) >= 11 is 1.70. The number of carbonyl (C=O) groups excluding carboxylic acids is 1. The van der Waals surface area contributed by atoms with Gasteiger partial charge in [0.25, 0.3) is 0 Å². The number of hydrogen-bond donors (Lipinski definition) is 1. The largest absolute Gasteiger partial charge is 0.465 e. The number of nitrogens with one attached hydrogen (secondary N) is 1. The number of nitrogens with zero attached hydrogens (tertiary/aromatic N) is 1. The maximum Gasteiger partial charge on any atom is 0.315 e. The monoisotopic (exact) mass is 310 g/mol. The Morgan fingerprint density at radius 1 is 1.48 bits per heavy atom. The minimum absolute atomic E-state index is 0.120. The third kappa shape index (κ3) is 3.76. The number of carbonyl (C=O) groups is 1. The van der Waals surface area contributed by atoms with Gasteiger partial charge in [0.05, 0.1) is 12.3 Å². The van der Waals surface area contributed by atoms with Gasteiger partial charge in [-0.1, -0.05) is 20.3 Å². The molecule has 1 aliphatic carbocycles. The number of hydrogen-bond acceptors (Lipinski definition) is 5. The molecule has 0 spiro atoms. The van der Waals surface area contributed by atoms with Crippen LogP contribution in [-0.4, -0.2) is 23.6 Å². The fraction of sp³-hybridized carbons (Fsp3) is 0.750. The average Bonchev–Trinajstić information content (AvgIpc) is 2.88. The zero-order chi connectivity index (χ0) is 15.4. The van der Waals surface area contributed by atoms with Crippen molar-refractivity contribution < 1.29 is 9.53 Å². The van der Waals surface area contributed by atoms with Crippen LogP contribution in [0, 0.1) is 5.92 Å². The Morgan fingerprint density at radius 2 is 2.24 bits per heavy atom. The maximum atomic E-state index is 12.1. The second-order valence-electron chi connectivity index (χ2n) is 5.84. The van der Waals surface area contributed by atoms with Gasteiger partial charge in [-0.2, -0.15) is 0 Å². The minimum Gasteiger partial charge on any atom is -0.465 e. The second-order valence-corrected chi connectivity index (χ2v) is 6.93. The molecular formula is C16H26N2O2S. The topological polar surface area (TPSA) is 51.2 Å². The summed E-state index contributed by atoms with van der Waals surface area (Å²) in [5, 5.41) is 4.44. The number of aryl methyl sites for hydroxylation is 1. The van der Waals surface area contributed by atoms with Crippen LogP contribution in [0.15, 0.2) is 0 Å². The standard InChI is InChI=1S/C16H26N2O2S/c1-5-10(3)11(4)17-16-18-14-12(15(19)20-6-2)8-7-9-13(14)21-16/h10-12H,5-9H2,1-4H3,(H,17,18). The lowest BCUT2D eigenvalue weighted by atomic mass is 9.91. The lowest BCUT2D eigenvalue weighted by molar-refractivity contribution is -0.145. The Morgan fingerprint density at radius 3 is 2.90 bits per heavy atom. The third-order valence-corrected chi connectivity index (χ3v) is 5.44. The van der Waals surface area contributed by atoms with Gasteiger partial charge in [-0.15, -0.1) is 11.3 Å². The number of thiazole rings is 1. The highest BCUT2D eigenvalue weighted by molar-refractivity contribution is 7.15. The SMILES string of the molecule is CCOC(=O)C1CCCc2sc(NC(C)C(C)CC)nc21. The lowest BCUT2D eigenvalue weighted by Gasteiger charge is -2.19. The van der Waals surface area contributed by atoms with Crippen molar-refractivity contribution in [3.8, 4) is 0 Å². The van der Waals surface area contributed by atoms with E-state index in [-0.39, 0.29) is 11.9 Å². The average molecular weight is 310 g/mol. The van der Waals surface area contributed by atoms with E-state index in [2.05, 4.69) is 26.1 Å². The summed E-state index contributed by atoms with van der Waals surface area (Å²) in [6.45, 7) is 8.92. The highest BCUT2D eigenvalue weighted by Gasteiger charge is 2.31. The predicted molar refractivity (Wildman–Crippen MR) is 87.0 cm³/mol. The van der Waals surface area contributed by atoms with Crippen LogP contribution in [-0.2, 0) is 16.0 Å². The third-order valence-electron chi connectivity index (χ3n) is 4.37. The van der Waals surface area contributed by atoms with Gasteiger partial charge in [-0.05, 0) is 39.0 Å². The Bertz CT molecular complexity index is 487. The summed E-state index contributed by atoms with van der Waals surface area (Å²) in [5.41, 5.74) is 0.948. The molecule has 5 heteroatoms. The first kappa shape index (κ1) is 16.3. The fourth-order valence-corrected chi connectivity index (χ4v) is 3.80. The molecule has 118 valence electrons. The van der Waals surface area contributed by atoms with Gasteiger partial charge in [0.1, 0.15) is 5.92 Å². The molecule has 0 aromatic carbocycles. The number of ether oxygens (including phenoxy) is 1. The van der Waals surface area contributed by atoms with Crippen molar-refractivity contribution in [2.24, 2.45) is 5.92 Å². The quantitative estimate of drug-likeness (QED) is 0.808. The summed E-state index contributed by atoms with van der Waals surface area (Å²) < 4.78 is 5.19. The Labute approximate surface area is 131 Å². The van der Waals surface area contributed by atoms with Crippen molar-refractivity contribution in [1.29, 1.82) is 0 Å². The van der Waals surface area contributed by atoms with Crippen LogP contribution in [0.3, 0.4) is 0 Å². The van der Waals surface area contributed by atoms with E-state index >= 15 is 0 Å². The molecule has 1 aromatic heterocycles. The minimum atomic E-state index is -0.167. The van der Waals surface area contributed by atoms with Crippen molar-refractivity contribution in [1.82, 2.24) is 4.98 Å². The zero-order valence-electron chi connectivity index (χ0n) is 13.4. The van der Waals surface area contributed by atoms with Gasteiger partial charge in [0.2, 0.25) is 0 Å². The normalized spacial score (nSPS) is 20.5. The van der Waals surface area contributed by atoms with E-state index in [0.717, 1.165) is 36.5 Å². The predicted octanol–water partition coefficient (Wildman–Crippen LogP) is 3.97. The summed E-state index contributed by atoms with van der Waals surface area (Å²) in [4.78, 5) is 18.0. The molecule has 2 rings (SSSR count). The van der Waals surface area contributed by atoms with E-state index in [1.807, 2.05) is 6.92 Å². The Balaban J connectivity index is 2.13. The molecule has 0 fully saturated rings. The second kappa shape index (κ2) is 7.25. The molecule has 0 amide bonds. The molecular weight excluding hydrogens is 284 g/mol. The van der Waals surface area contributed by atoms with E-state index in [4.69, 9.17) is 9.72 Å². The summed E-state index contributed by atoms with van der Waals surface area (Å²) in [7, 11) is 0. The fourth-order valence-electron chi connectivity index (χ4n) is 2.64. The molecule has 21 heavy (non-hydrogen) atoms. The number of anilines is 1. The molecule has 4 nitrogen and oxygen atoms in total. The molecule has 0 saturated heterocycles. The van der Waals surface area contributed by atoms with Gasteiger partial charge in [-0.25, -0.2) is 4.98 Å². The van der Waals surface area contributed by atoms with E-state index in [1.165, 1.54) is 4.88 Å². The molecule has 3 atom stereocenters. The van der Waals surface area contributed by atoms with Crippen LogP contribution in [0.4, 0.5) is 5.13 Å². The Hall–Kier alpha value is -1.10. The van der Waals surface area contributed by atoms with Crippen LogP contribution in [0.25, 0.3) is 0 Å². The van der Waals surface area contributed by atoms with Crippen LogP contribution in [0.2, 0.25) is 0 Å². The zero-order valence-corrected chi connectivity index (χ0v) is 14.3. The van der Waals surface area contributed by atoms with Gasteiger partial charge >= 0.3 is 5.97 Å². The molecule has 1 aliphatic rings. The number of aromatic nitrogens is 1. The highest BCUT2D eigenvalue weighted by atomic mass is 32.1. The van der Waals surface area contributed by atoms with Crippen molar-refractivity contribution in [3.05, 3.63) is 10.6 Å². The lowest BCUT2D eigenvalue weighted by Crippen LogP contribution is -2.23. The van der Waals surface area contributed by atoms with Gasteiger partial charge < -0.3 is 10.1 Å². The first-order valence-electron chi connectivity index (χ1n) is 7.99. The molecule has 0 bridgehead atoms. The smallest absolute Gasteiger partial charge is 0.315 e. The van der Waals surface area contributed by atoms with Crippen LogP contribution in [0.1, 0.15) is 63.4 Å². The van der Waals surface area contributed by atoms with E-state index in [9.17, 15) is 4.79 Å². The number of rotatable bonds is 6. The molecule has 1 aromatic rings. The van der Waals surface area contributed by atoms with E-state index in [1.54, 1.807) is 11.3 Å². The summed E-state index contributed by atoms with van der Waals surface area (Å²) in [6, 6.07) is 0.392. The molecule has 1 N–H and O–H groups in total. The van der Waals surface area contributed by atoms with Crippen molar-refractivity contribution in [2.45, 2.75) is 65.3 Å². The Kier molecular flexibility index (Phi) is 5.62. The van der Waals surface area contributed by atoms with Gasteiger partial charge in [-0.3, -0.25) is 4.79 Å². The van der Waals surface area contributed by atoms with Crippen LogP contribution in [0.5, 0.6) is 0 Å². The van der Waals surface area contributed by atoms with E-state index in [0.29, 0.717) is 18.6 Å². The highest BCUT2D eigenvalue weighted by Crippen LogP contribution is 2.37. The maximum absolute atomic E-state index is 12.1. The molecule has 0 saturated carbocycles. The summed E-state index contributed by atoms with van der Waals surface area (Å²) in [5.74, 6) is 0.316. The summed E-state index contributed by atoms with van der Waals surface area (Å²) in [6.07, 6.45) is 4.07. The van der Waals surface area contributed by atoms with Crippen LogP contribution < -0.4 is 5.32 Å².